The Morgan fingerprint density at radius 2 is 1.34 bits per heavy atom. The summed E-state index contributed by atoms with van der Waals surface area (Å²) in [5.41, 5.74) is 1.72. The summed E-state index contributed by atoms with van der Waals surface area (Å²) in [7, 11) is 0. The molecule has 3 heterocycles. The Balaban J connectivity index is 0.000000301. The molecule has 1 spiro atoms. The first-order valence-corrected chi connectivity index (χ1v) is 12.2. The van der Waals surface area contributed by atoms with Gasteiger partial charge in [0.15, 0.2) is 0 Å². The largest absolute Gasteiger partial charge is 0.490 e. The number of nitrogens with zero attached hydrogens (tertiary/aromatic N) is 3. The first-order valence-electron chi connectivity index (χ1n) is 11.3. The second-order valence-electron chi connectivity index (χ2n) is 8.89. The topological polar surface area (TPSA) is 94.0 Å². The van der Waals surface area contributed by atoms with Gasteiger partial charge in [0, 0.05) is 24.7 Å². The van der Waals surface area contributed by atoms with E-state index in [-0.39, 0.29) is 5.82 Å². The van der Waals surface area contributed by atoms with Crippen molar-refractivity contribution in [1.29, 1.82) is 0 Å². The Kier molecular flexibility index (Phi) is 11.0. The van der Waals surface area contributed by atoms with Gasteiger partial charge in [-0.3, -0.25) is 9.80 Å². The van der Waals surface area contributed by atoms with E-state index in [4.69, 9.17) is 19.8 Å². The highest BCUT2D eigenvalue weighted by Crippen LogP contribution is 2.41. The summed E-state index contributed by atoms with van der Waals surface area (Å²) in [6, 6.07) is 6.96. The number of carboxylic acids is 2. The molecule has 2 aliphatic heterocycles. The predicted octanol–water partition coefficient (Wildman–Crippen LogP) is 5.04. The lowest BCUT2D eigenvalue weighted by Gasteiger charge is -2.39. The zero-order chi connectivity index (χ0) is 28.6. The van der Waals surface area contributed by atoms with E-state index in [9.17, 15) is 30.7 Å². The van der Waals surface area contributed by atoms with E-state index in [1.54, 1.807) is 23.5 Å². The average Bonchev–Trinajstić information content (AvgIpc) is 3.47. The van der Waals surface area contributed by atoms with Crippen molar-refractivity contribution in [3.8, 4) is 0 Å². The number of alkyl halides is 6. The van der Waals surface area contributed by atoms with E-state index in [2.05, 4.69) is 20.2 Å². The lowest BCUT2D eigenvalue weighted by Crippen LogP contribution is -2.41. The minimum atomic E-state index is -5.08. The minimum absolute atomic E-state index is 0.149. The Labute approximate surface area is 217 Å². The van der Waals surface area contributed by atoms with Gasteiger partial charge in [-0.15, -0.1) is 11.3 Å². The Bertz CT molecular complexity index is 999. The number of hydrogen-bond donors (Lipinski definition) is 2. The van der Waals surface area contributed by atoms with E-state index in [1.807, 2.05) is 18.3 Å². The molecule has 2 fully saturated rings. The third-order valence-electron chi connectivity index (χ3n) is 6.08. The van der Waals surface area contributed by atoms with E-state index in [0.717, 1.165) is 13.1 Å². The fourth-order valence-corrected chi connectivity index (χ4v) is 4.78. The summed E-state index contributed by atoms with van der Waals surface area (Å²) in [6.07, 6.45) is -4.38. The molecule has 2 N–H and O–H groups in total. The number of likely N-dealkylation sites (tertiary alicyclic amines) is 2. The Morgan fingerprint density at radius 3 is 1.76 bits per heavy atom. The standard InChI is InChI=1S/C19H24FN3S.2C2HF3O2/c20-17-3-1-16(2-4-17)13-23-11-7-19(15-23)5-9-22(10-6-19)14-18-21-8-12-24-18;2*3-2(4,5)1(6)7/h1-4,8,12H,5-7,9-11,13-15H2;2*(H,6,7). The highest BCUT2D eigenvalue weighted by atomic mass is 32.1. The molecule has 0 unspecified atom stereocenters. The van der Waals surface area contributed by atoms with E-state index in [1.165, 1.54) is 56.0 Å². The molecule has 0 saturated carbocycles. The predicted molar refractivity (Wildman–Crippen MR) is 123 cm³/mol. The molecule has 15 heteroatoms. The van der Waals surface area contributed by atoms with Crippen LogP contribution in [0.2, 0.25) is 0 Å². The molecular weight excluding hydrogens is 547 g/mol. The normalized spacial score (nSPS) is 17.8. The first kappa shape index (κ1) is 31.4. The second kappa shape index (κ2) is 13.3. The van der Waals surface area contributed by atoms with Crippen molar-refractivity contribution >= 4 is 23.3 Å². The van der Waals surface area contributed by atoms with E-state index in [0.29, 0.717) is 5.41 Å². The van der Waals surface area contributed by atoms with Crippen LogP contribution in [0.25, 0.3) is 0 Å². The summed E-state index contributed by atoms with van der Waals surface area (Å²) in [5.74, 6) is -5.66. The van der Waals surface area contributed by atoms with Gasteiger partial charge in [-0.05, 0) is 62.0 Å². The van der Waals surface area contributed by atoms with Crippen LogP contribution < -0.4 is 0 Å². The van der Waals surface area contributed by atoms with Gasteiger partial charge >= 0.3 is 24.3 Å². The van der Waals surface area contributed by atoms with Gasteiger partial charge in [0.2, 0.25) is 0 Å². The maximum atomic E-state index is 13.0. The van der Waals surface area contributed by atoms with Gasteiger partial charge in [0.05, 0.1) is 6.54 Å². The average molecular weight is 574 g/mol. The lowest BCUT2D eigenvalue weighted by atomic mass is 9.78. The Morgan fingerprint density at radius 1 is 0.868 bits per heavy atom. The lowest BCUT2D eigenvalue weighted by molar-refractivity contribution is -0.193. The molecule has 0 radical (unpaired) electrons. The third-order valence-corrected chi connectivity index (χ3v) is 6.85. The smallest absolute Gasteiger partial charge is 0.475 e. The highest BCUT2D eigenvalue weighted by molar-refractivity contribution is 7.09. The van der Waals surface area contributed by atoms with Gasteiger partial charge in [-0.2, -0.15) is 26.3 Å². The first-order chi connectivity index (χ1) is 17.6. The minimum Gasteiger partial charge on any atom is -0.475 e. The molecule has 2 saturated heterocycles. The highest BCUT2D eigenvalue weighted by Gasteiger charge is 2.41. The number of carboxylic acid groups (broad SMARTS) is 2. The van der Waals surface area contributed by atoms with Gasteiger partial charge in [0.25, 0.3) is 0 Å². The number of rotatable bonds is 4. The number of aromatic nitrogens is 1. The monoisotopic (exact) mass is 573 g/mol. The molecule has 2 aliphatic rings. The zero-order valence-corrected chi connectivity index (χ0v) is 20.8. The molecule has 1 aromatic heterocycles. The van der Waals surface area contributed by atoms with Gasteiger partial charge in [-0.25, -0.2) is 19.0 Å². The van der Waals surface area contributed by atoms with Gasteiger partial charge in [0.1, 0.15) is 10.8 Å². The van der Waals surface area contributed by atoms with Crippen LogP contribution in [0.1, 0.15) is 29.8 Å². The number of carbonyl (C=O) groups is 2. The summed E-state index contributed by atoms with van der Waals surface area (Å²) in [5, 5.41) is 17.5. The van der Waals surface area contributed by atoms with Crippen molar-refractivity contribution < 1.29 is 50.5 Å². The van der Waals surface area contributed by atoms with Crippen LogP contribution in [0.15, 0.2) is 35.8 Å². The van der Waals surface area contributed by atoms with Crippen molar-refractivity contribution in [2.45, 2.75) is 44.7 Å². The molecule has 0 atom stereocenters. The van der Waals surface area contributed by atoms with E-state index < -0.39 is 24.3 Å². The van der Waals surface area contributed by atoms with Crippen molar-refractivity contribution in [1.82, 2.24) is 14.8 Å². The second-order valence-corrected chi connectivity index (χ2v) is 9.87. The molecule has 0 amide bonds. The molecule has 1 aromatic carbocycles. The molecular formula is C23H26F7N3O4S. The summed E-state index contributed by atoms with van der Waals surface area (Å²) in [6.45, 7) is 6.69. The van der Waals surface area contributed by atoms with Crippen molar-refractivity contribution in [3.05, 3.63) is 52.2 Å². The maximum Gasteiger partial charge on any atom is 0.490 e. The fourth-order valence-electron chi connectivity index (χ4n) is 4.13. The molecule has 7 nitrogen and oxygen atoms in total. The van der Waals surface area contributed by atoms with Crippen LogP contribution in [0, 0.1) is 11.2 Å². The summed E-state index contributed by atoms with van der Waals surface area (Å²) >= 11 is 1.76. The molecule has 4 rings (SSSR count). The number of hydrogen-bond acceptors (Lipinski definition) is 6. The molecule has 38 heavy (non-hydrogen) atoms. The molecule has 2 aromatic rings. The van der Waals surface area contributed by atoms with Crippen LogP contribution in [0.4, 0.5) is 30.7 Å². The van der Waals surface area contributed by atoms with Crippen LogP contribution in [0.5, 0.6) is 0 Å². The molecule has 212 valence electrons. The van der Waals surface area contributed by atoms with Crippen molar-refractivity contribution in [2.75, 3.05) is 26.2 Å². The van der Waals surface area contributed by atoms with Crippen LogP contribution in [0.3, 0.4) is 0 Å². The maximum absolute atomic E-state index is 13.0. The number of benzene rings is 1. The Hall–Kier alpha value is -2.78. The number of halogens is 7. The van der Waals surface area contributed by atoms with Crippen molar-refractivity contribution in [3.63, 3.8) is 0 Å². The van der Waals surface area contributed by atoms with Crippen molar-refractivity contribution in [2.24, 2.45) is 5.41 Å². The number of thiazole rings is 1. The quantitative estimate of drug-likeness (QED) is 0.496. The SMILES string of the molecule is Fc1ccc(CN2CCC3(CCN(Cc4nccs4)CC3)C2)cc1.O=C(O)C(F)(F)F.O=C(O)C(F)(F)F. The summed E-state index contributed by atoms with van der Waals surface area (Å²) in [4.78, 5) is 27.3. The number of piperidine rings is 1. The van der Waals surface area contributed by atoms with Crippen LogP contribution in [-0.4, -0.2) is 75.5 Å². The zero-order valence-electron chi connectivity index (χ0n) is 19.9. The fraction of sp³-hybridized carbons (Fsp3) is 0.522. The van der Waals surface area contributed by atoms with Crippen LogP contribution in [-0.2, 0) is 22.7 Å². The molecule has 0 bridgehead atoms. The van der Waals surface area contributed by atoms with Gasteiger partial charge in [-0.1, -0.05) is 12.1 Å². The molecule has 0 aliphatic carbocycles. The third kappa shape index (κ3) is 10.5. The summed E-state index contributed by atoms with van der Waals surface area (Å²) < 4.78 is 76.5. The van der Waals surface area contributed by atoms with Gasteiger partial charge < -0.3 is 10.2 Å². The van der Waals surface area contributed by atoms with Crippen LogP contribution >= 0.6 is 11.3 Å². The van der Waals surface area contributed by atoms with E-state index >= 15 is 0 Å². The number of aliphatic carboxylic acids is 2.